The summed E-state index contributed by atoms with van der Waals surface area (Å²) in [5, 5.41) is 13.5. The summed E-state index contributed by atoms with van der Waals surface area (Å²) in [7, 11) is 0. The molecule has 2 aliphatic rings. The molecule has 2 aliphatic carbocycles. The predicted molar refractivity (Wildman–Crippen MR) is 67.4 cm³/mol. The molecule has 3 unspecified atom stereocenters. The fourth-order valence-corrected chi connectivity index (χ4v) is 3.42. The van der Waals surface area contributed by atoms with E-state index in [1.54, 1.807) is 0 Å². The van der Waals surface area contributed by atoms with Gasteiger partial charge in [-0.3, -0.25) is 0 Å². The minimum atomic E-state index is -0.0424. The molecule has 0 spiro atoms. The lowest BCUT2D eigenvalue weighted by Gasteiger charge is -2.40. The van der Waals surface area contributed by atoms with Gasteiger partial charge in [0, 0.05) is 12.6 Å². The standard InChI is InChI=1S/C14H27NO/c1-14(2)9-4-3-8-13(14)15-10-11-6-5-7-12(11)16/h11-13,15-16H,3-10H2,1-2H3. The first-order chi connectivity index (χ1) is 7.59. The fourth-order valence-electron chi connectivity index (χ4n) is 3.42. The maximum Gasteiger partial charge on any atom is 0.0580 e. The van der Waals surface area contributed by atoms with Crippen LogP contribution in [0.3, 0.4) is 0 Å². The SMILES string of the molecule is CC1(C)CCCCC1NCC1CCCC1O. The molecule has 0 aromatic rings. The van der Waals surface area contributed by atoms with Gasteiger partial charge in [0.1, 0.15) is 0 Å². The number of aliphatic hydroxyl groups excluding tert-OH is 1. The smallest absolute Gasteiger partial charge is 0.0580 e. The summed E-state index contributed by atoms with van der Waals surface area (Å²) < 4.78 is 0. The second-order valence-corrected chi connectivity index (χ2v) is 6.45. The second kappa shape index (κ2) is 5.05. The van der Waals surface area contributed by atoms with E-state index in [0.29, 0.717) is 17.4 Å². The van der Waals surface area contributed by atoms with Crippen LogP contribution in [0.1, 0.15) is 58.8 Å². The van der Waals surface area contributed by atoms with Crippen LogP contribution in [-0.4, -0.2) is 23.8 Å². The van der Waals surface area contributed by atoms with Crippen LogP contribution in [0, 0.1) is 11.3 Å². The van der Waals surface area contributed by atoms with Crippen molar-refractivity contribution in [2.75, 3.05) is 6.54 Å². The topological polar surface area (TPSA) is 32.3 Å². The average Bonchev–Trinajstić information content (AvgIpc) is 2.62. The Morgan fingerprint density at radius 1 is 1.12 bits per heavy atom. The molecule has 3 atom stereocenters. The lowest BCUT2D eigenvalue weighted by molar-refractivity contribution is 0.113. The third kappa shape index (κ3) is 2.78. The zero-order valence-corrected chi connectivity index (χ0v) is 10.8. The third-order valence-electron chi connectivity index (χ3n) is 4.75. The van der Waals surface area contributed by atoms with Gasteiger partial charge in [0.25, 0.3) is 0 Å². The summed E-state index contributed by atoms with van der Waals surface area (Å²) in [5.74, 6) is 0.512. The van der Waals surface area contributed by atoms with E-state index in [2.05, 4.69) is 19.2 Å². The largest absolute Gasteiger partial charge is 0.393 e. The molecule has 0 heterocycles. The fraction of sp³-hybridized carbons (Fsp3) is 1.00. The molecule has 2 heteroatoms. The van der Waals surface area contributed by atoms with Crippen LogP contribution in [0.2, 0.25) is 0 Å². The zero-order valence-electron chi connectivity index (χ0n) is 10.8. The average molecular weight is 225 g/mol. The van der Waals surface area contributed by atoms with Gasteiger partial charge >= 0.3 is 0 Å². The molecule has 0 saturated heterocycles. The second-order valence-electron chi connectivity index (χ2n) is 6.45. The number of aliphatic hydroxyl groups is 1. The molecular formula is C14H27NO. The van der Waals surface area contributed by atoms with Crippen LogP contribution in [-0.2, 0) is 0 Å². The lowest BCUT2D eigenvalue weighted by Crippen LogP contribution is -2.46. The molecule has 94 valence electrons. The van der Waals surface area contributed by atoms with Crippen molar-refractivity contribution in [2.45, 2.75) is 70.9 Å². The molecule has 16 heavy (non-hydrogen) atoms. The highest BCUT2D eigenvalue weighted by atomic mass is 16.3. The first-order valence-corrected chi connectivity index (χ1v) is 7.01. The summed E-state index contributed by atoms with van der Waals surface area (Å²) in [6.07, 6.45) is 8.81. The predicted octanol–water partition coefficient (Wildman–Crippen LogP) is 2.71. The molecule has 2 saturated carbocycles. The van der Waals surface area contributed by atoms with Crippen molar-refractivity contribution < 1.29 is 5.11 Å². The molecule has 0 radical (unpaired) electrons. The number of hydrogen-bond donors (Lipinski definition) is 2. The summed E-state index contributed by atoms with van der Waals surface area (Å²) in [4.78, 5) is 0. The van der Waals surface area contributed by atoms with Crippen molar-refractivity contribution in [3.63, 3.8) is 0 Å². The molecule has 0 aromatic carbocycles. The van der Waals surface area contributed by atoms with Crippen LogP contribution in [0.5, 0.6) is 0 Å². The van der Waals surface area contributed by atoms with Crippen molar-refractivity contribution in [1.82, 2.24) is 5.32 Å². The van der Waals surface area contributed by atoms with E-state index in [1.165, 1.54) is 38.5 Å². The molecule has 0 aliphatic heterocycles. The van der Waals surface area contributed by atoms with Gasteiger partial charge in [-0.2, -0.15) is 0 Å². The van der Waals surface area contributed by atoms with E-state index in [9.17, 15) is 5.11 Å². The molecular weight excluding hydrogens is 198 g/mol. The van der Waals surface area contributed by atoms with Crippen molar-refractivity contribution in [2.24, 2.45) is 11.3 Å². The molecule has 0 aromatic heterocycles. The number of rotatable bonds is 3. The van der Waals surface area contributed by atoms with Gasteiger partial charge in [-0.1, -0.05) is 33.1 Å². The number of hydrogen-bond acceptors (Lipinski definition) is 2. The summed E-state index contributed by atoms with van der Waals surface area (Å²) in [5.41, 5.74) is 0.446. The van der Waals surface area contributed by atoms with Crippen LogP contribution in [0.15, 0.2) is 0 Å². The molecule has 2 fully saturated rings. The van der Waals surface area contributed by atoms with Gasteiger partial charge in [0.2, 0.25) is 0 Å². The molecule has 2 N–H and O–H groups in total. The van der Waals surface area contributed by atoms with Crippen LogP contribution < -0.4 is 5.32 Å². The zero-order chi connectivity index (χ0) is 11.6. The third-order valence-corrected chi connectivity index (χ3v) is 4.75. The van der Waals surface area contributed by atoms with Gasteiger partial charge in [0.15, 0.2) is 0 Å². The quantitative estimate of drug-likeness (QED) is 0.774. The summed E-state index contributed by atoms with van der Waals surface area (Å²) in [6.45, 7) is 5.79. The molecule has 0 bridgehead atoms. The highest BCUT2D eigenvalue weighted by Gasteiger charge is 2.33. The monoisotopic (exact) mass is 225 g/mol. The van der Waals surface area contributed by atoms with Crippen molar-refractivity contribution in [3.05, 3.63) is 0 Å². The van der Waals surface area contributed by atoms with Crippen molar-refractivity contribution in [1.29, 1.82) is 0 Å². The Morgan fingerprint density at radius 3 is 2.56 bits per heavy atom. The maximum absolute atomic E-state index is 9.81. The first-order valence-electron chi connectivity index (χ1n) is 7.01. The van der Waals surface area contributed by atoms with Gasteiger partial charge in [-0.05, 0) is 37.0 Å². The maximum atomic E-state index is 9.81. The van der Waals surface area contributed by atoms with E-state index >= 15 is 0 Å². The Morgan fingerprint density at radius 2 is 1.94 bits per heavy atom. The minimum Gasteiger partial charge on any atom is -0.393 e. The number of nitrogens with one attached hydrogen (secondary N) is 1. The van der Waals surface area contributed by atoms with Gasteiger partial charge in [-0.15, -0.1) is 0 Å². The summed E-state index contributed by atoms with van der Waals surface area (Å²) >= 11 is 0. The highest BCUT2D eigenvalue weighted by molar-refractivity contribution is 4.89. The van der Waals surface area contributed by atoms with E-state index in [1.807, 2.05) is 0 Å². The Balaban J connectivity index is 1.80. The van der Waals surface area contributed by atoms with E-state index in [-0.39, 0.29) is 6.10 Å². The minimum absolute atomic E-state index is 0.0424. The Hall–Kier alpha value is -0.0800. The Labute approximate surface area is 99.8 Å². The highest BCUT2D eigenvalue weighted by Crippen LogP contribution is 2.36. The Bertz CT molecular complexity index is 227. The van der Waals surface area contributed by atoms with Crippen molar-refractivity contribution >= 4 is 0 Å². The van der Waals surface area contributed by atoms with E-state index in [4.69, 9.17) is 0 Å². The molecule has 2 nitrogen and oxygen atoms in total. The molecule has 2 rings (SSSR count). The normalized spacial score (nSPS) is 38.8. The van der Waals surface area contributed by atoms with Crippen molar-refractivity contribution in [3.8, 4) is 0 Å². The summed E-state index contributed by atoms with van der Waals surface area (Å²) in [6, 6.07) is 0.661. The van der Waals surface area contributed by atoms with Gasteiger partial charge < -0.3 is 10.4 Å². The molecule has 0 amide bonds. The van der Waals surface area contributed by atoms with E-state index < -0.39 is 0 Å². The lowest BCUT2D eigenvalue weighted by atomic mass is 9.73. The first kappa shape index (κ1) is 12.4. The Kier molecular flexibility index (Phi) is 3.91. The van der Waals surface area contributed by atoms with Crippen LogP contribution in [0.4, 0.5) is 0 Å². The van der Waals surface area contributed by atoms with Gasteiger partial charge in [-0.25, -0.2) is 0 Å². The van der Waals surface area contributed by atoms with Crippen LogP contribution >= 0.6 is 0 Å². The van der Waals surface area contributed by atoms with Crippen LogP contribution in [0.25, 0.3) is 0 Å². The van der Waals surface area contributed by atoms with E-state index in [0.717, 1.165) is 13.0 Å². The van der Waals surface area contributed by atoms with Gasteiger partial charge in [0.05, 0.1) is 6.10 Å².